The van der Waals surface area contributed by atoms with Crippen LogP contribution in [0.25, 0.3) is 11.5 Å². The molecular weight excluding hydrogens is 218 g/mol. The Bertz CT molecular complexity index is 452. The third-order valence-electron chi connectivity index (χ3n) is 1.55. The van der Waals surface area contributed by atoms with Gasteiger partial charge in [0.1, 0.15) is 5.69 Å². The SMILES string of the molecule is O=C(O)CSc1n[nH]c(-c2ccn[nH]2)n1. The molecule has 0 aromatic carbocycles. The van der Waals surface area contributed by atoms with E-state index in [0.717, 1.165) is 11.8 Å². The van der Waals surface area contributed by atoms with E-state index in [1.807, 2.05) is 0 Å². The van der Waals surface area contributed by atoms with Gasteiger partial charge in [0, 0.05) is 6.20 Å². The van der Waals surface area contributed by atoms with Crippen molar-refractivity contribution in [3.8, 4) is 11.5 Å². The number of thioether (sulfide) groups is 1. The Balaban J connectivity index is 2.08. The van der Waals surface area contributed by atoms with Gasteiger partial charge >= 0.3 is 5.97 Å². The van der Waals surface area contributed by atoms with Crippen molar-refractivity contribution in [2.45, 2.75) is 5.16 Å². The summed E-state index contributed by atoms with van der Waals surface area (Å²) < 4.78 is 0. The van der Waals surface area contributed by atoms with Gasteiger partial charge in [-0.15, -0.1) is 5.10 Å². The number of hydrogen-bond donors (Lipinski definition) is 3. The highest BCUT2D eigenvalue weighted by Crippen LogP contribution is 2.16. The first-order valence-electron chi connectivity index (χ1n) is 4.02. The van der Waals surface area contributed by atoms with Crippen molar-refractivity contribution in [3.63, 3.8) is 0 Å². The van der Waals surface area contributed by atoms with E-state index in [1.165, 1.54) is 0 Å². The zero-order valence-corrected chi connectivity index (χ0v) is 8.28. The third kappa shape index (κ3) is 2.34. The van der Waals surface area contributed by atoms with Gasteiger partial charge in [0.15, 0.2) is 5.82 Å². The molecule has 0 spiro atoms. The van der Waals surface area contributed by atoms with Crippen LogP contribution in [0, 0.1) is 0 Å². The van der Waals surface area contributed by atoms with Crippen molar-refractivity contribution in [1.82, 2.24) is 25.4 Å². The monoisotopic (exact) mass is 225 g/mol. The molecule has 8 heteroatoms. The number of aliphatic carboxylic acids is 1. The summed E-state index contributed by atoms with van der Waals surface area (Å²) in [6.07, 6.45) is 1.60. The van der Waals surface area contributed by atoms with Crippen LogP contribution < -0.4 is 0 Å². The highest BCUT2D eigenvalue weighted by molar-refractivity contribution is 7.99. The number of carboxylic acid groups (broad SMARTS) is 1. The fourth-order valence-electron chi connectivity index (χ4n) is 0.945. The number of H-pyrrole nitrogens is 2. The van der Waals surface area contributed by atoms with Gasteiger partial charge in [-0.1, -0.05) is 11.8 Å². The number of carboxylic acids is 1. The maximum atomic E-state index is 10.3. The van der Waals surface area contributed by atoms with Crippen molar-refractivity contribution in [3.05, 3.63) is 12.3 Å². The molecule has 78 valence electrons. The Hall–Kier alpha value is -1.83. The lowest BCUT2D eigenvalue weighted by Crippen LogP contribution is -1.97. The van der Waals surface area contributed by atoms with E-state index < -0.39 is 5.97 Å². The van der Waals surface area contributed by atoms with Gasteiger partial charge in [-0.05, 0) is 6.07 Å². The summed E-state index contributed by atoms with van der Waals surface area (Å²) in [4.78, 5) is 14.4. The van der Waals surface area contributed by atoms with Crippen LogP contribution in [0.15, 0.2) is 17.4 Å². The lowest BCUT2D eigenvalue weighted by Gasteiger charge is -1.88. The van der Waals surface area contributed by atoms with Crippen LogP contribution in [0.4, 0.5) is 0 Å². The quantitative estimate of drug-likeness (QED) is 0.649. The fraction of sp³-hybridized carbons (Fsp3) is 0.143. The number of rotatable bonds is 4. The predicted molar refractivity (Wildman–Crippen MR) is 52.3 cm³/mol. The Kier molecular flexibility index (Phi) is 2.68. The smallest absolute Gasteiger partial charge is 0.313 e. The Labute approximate surface area is 88.3 Å². The second-order valence-electron chi connectivity index (χ2n) is 2.62. The van der Waals surface area contributed by atoms with Gasteiger partial charge in [-0.25, -0.2) is 0 Å². The maximum absolute atomic E-state index is 10.3. The zero-order chi connectivity index (χ0) is 10.7. The molecule has 0 aliphatic heterocycles. The normalized spacial score (nSPS) is 10.4. The standard InChI is InChI=1S/C7H7N5O2S/c13-5(14)3-15-7-9-6(11-12-7)4-1-2-8-10-4/h1-2H,3H2,(H,8,10)(H,13,14)(H,9,11,12). The van der Waals surface area contributed by atoms with E-state index in [1.54, 1.807) is 12.3 Å². The fourth-order valence-corrected chi connectivity index (χ4v) is 1.46. The highest BCUT2D eigenvalue weighted by Gasteiger charge is 2.08. The Morgan fingerprint density at radius 1 is 1.53 bits per heavy atom. The highest BCUT2D eigenvalue weighted by atomic mass is 32.2. The summed E-state index contributed by atoms with van der Waals surface area (Å²) in [6.45, 7) is 0. The van der Waals surface area contributed by atoms with Gasteiger partial charge in [0.05, 0.1) is 5.75 Å². The Morgan fingerprint density at radius 3 is 3.07 bits per heavy atom. The Morgan fingerprint density at radius 2 is 2.40 bits per heavy atom. The molecule has 0 saturated carbocycles. The molecule has 15 heavy (non-hydrogen) atoms. The van der Waals surface area contributed by atoms with E-state index in [2.05, 4.69) is 25.4 Å². The van der Waals surface area contributed by atoms with Gasteiger partial charge in [-0.3, -0.25) is 15.0 Å². The van der Waals surface area contributed by atoms with E-state index in [4.69, 9.17) is 5.11 Å². The van der Waals surface area contributed by atoms with Crippen LogP contribution in [-0.2, 0) is 4.79 Å². The van der Waals surface area contributed by atoms with E-state index in [-0.39, 0.29) is 5.75 Å². The number of nitrogens with one attached hydrogen (secondary N) is 2. The molecule has 0 unspecified atom stereocenters. The number of aromatic amines is 2. The second kappa shape index (κ2) is 4.13. The van der Waals surface area contributed by atoms with Gasteiger partial charge in [0.25, 0.3) is 0 Å². The second-order valence-corrected chi connectivity index (χ2v) is 3.56. The first-order valence-corrected chi connectivity index (χ1v) is 5.01. The molecule has 7 nitrogen and oxygen atoms in total. The average molecular weight is 225 g/mol. The first-order chi connectivity index (χ1) is 7.25. The minimum Gasteiger partial charge on any atom is -0.481 e. The summed E-state index contributed by atoms with van der Waals surface area (Å²) in [7, 11) is 0. The van der Waals surface area contributed by atoms with E-state index >= 15 is 0 Å². The minimum atomic E-state index is -0.895. The van der Waals surface area contributed by atoms with Crippen molar-refractivity contribution in [2.24, 2.45) is 0 Å². The maximum Gasteiger partial charge on any atom is 0.313 e. The summed E-state index contributed by atoms with van der Waals surface area (Å²) in [6, 6.07) is 1.74. The third-order valence-corrected chi connectivity index (χ3v) is 2.38. The molecule has 2 aromatic heterocycles. The van der Waals surface area contributed by atoms with Crippen LogP contribution in [0.5, 0.6) is 0 Å². The first kappa shape index (κ1) is 9.71. The van der Waals surface area contributed by atoms with Crippen molar-refractivity contribution < 1.29 is 9.90 Å². The van der Waals surface area contributed by atoms with Crippen molar-refractivity contribution in [2.75, 3.05) is 5.75 Å². The number of aromatic nitrogens is 5. The molecule has 2 rings (SSSR count). The molecule has 0 radical (unpaired) electrons. The van der Waals surface area contributed by atoms with Gasteiger partial charge < -0.3 is 5.11 Å². The van der Waals surface area contributed by atoms with Gasteiger partial charge in [-0.2, -0.15) is 10.1 Å². The molecule has 2 aromatic rings. The molecule has 0 atom stereocenters. The minimum absolute atomic E-state index is 0.0553. The molecular formula is C7H7N5O2S. The predicted octanol–water partition coefficient (Wildman–Crippen LogP) is 0.371. The molecule has 3 N–H and O–H groups in total. The van der Waals surface area contributed by atoms with Crippen LogP contribution in [0.2, 0.25) is 0 Å². The molecule has 0 bridgehead atoms. The number of nitrogens with zero attached hydrogens (tertiary/aromatic N) is 3. The number of hydrogen-bond acceptors (Lipinski definition) is 5. The van der Waals surface area contributed by atoms with E-state index in [0.29, 0.717) is 16.7 Å². The summed E-state index contributed by atoms with van der Waals surface area (Å²) in [5.41, 5.74) is 0.713. The lowest BCUT2D eigenvalue weighted by atomic mass is 10.4. The molecule has 0 aliphatic rings. The molecule has 0 aliphatic carbocycles. The van der Waals surface area contributed by atoms with Crippen LogP contribution >= 0.6 is 11.8 Å². The molecule has 0 amide bonds. The van der Waals surface area contributed by atoms with Gasteiger partial charge in [0.2, 0.25) is 5.16 Å². The molecule has 0 fully saturated rings. The van der Waals surface area contributed by atoms with Crippen molar-refractivity contribution in [1.29, 1.82) is 0 Å². The van der Waals surface area contributed by atoms with Crippen LogP contribution in [0.3, 0.4) is 0 Å². The zero-order valence-electron chi connectivity index (χ0n) is 7.47. The van der Waals surface area contributed by atoms with Crippen molar-refractivity contribution >= 4 is 17.7 Å². The van der Waals surface area contributed by atoms with Crippen LogP contribution in [-0.4, -0.2) is 42.2 Å². The molecule has 0 saturated heterocycles. The average Bonchev–Trinajstić information content (AvgIpc) is 2.85. The topological polar surface area (TPSA) is 108 Å². The summed E-state index contributed by atoms with van der Waals surface area (Å²) in [5.74, 6) is -0.409. The summed E-state index contributed by atoms with van der Waals surface area (Å²) in [5, 5.41) is 21.9. The lowest BCUT2D eigenvalue weighted by molar-refractivity contribution is -0.133. The van der Waals surface area contributed by atoms with E-state index in [9.17, 15) is 4.79 Å². The molecule has 2 heterocycles. The van der Waals surface area contributed by atoms with Crippen LogP contribution in [0.1, 0.15) is 0 Å². The largest absolute Gasteiger partial charge is 0.481 e. The summed E-state index contributed by atoms with van der Waals surface area (Å²) >= 11 is 1.06. The number of carbonyl (C=O) groups is 1.